The molecule has 1 aliphatic heterocycles. The molecule has 0 aliphatic carbocycles. The molecule has 0 saturated carbocycles. The van der Waals surface area contributed by atoms with E-state index in [2.05, 4.69) is 25.7 Å². The predicted octanol–water partition coefficient (Wildman–Crippen LogP) is 3.35. The van der Waals surface area contributed by atoms with Gasteiger partial charge in [-0.1, -0.05) is 32.9 Å². The monoisotopic (exact) mass is 309 g/mol. The van der Waals surface area contributed by atoms with Crippen LogP contribution in [0.2, 0.25) is 0 Å². The van der Waals surface area contributed by atoms with Crippen molar-refractivity contribution < 1.29 is 8.42 Å². The Morgan fingerprint density at radius 2 is 1.62 bits per heavy atom. The molecule has 2 rings (SSSR count). The molecule has 0 N–H and O–H groups in total. The summed E-state index contributed by atoms with van der Waals surface area (Å²) in [6.45, 7) is 10.2. The van der Waals surface area contributed by atoms with Crippen molar-refractivity contribution in [1.29, 1.82) is 0 Å². The van der Waals surface area contributed by atoms with Crippen molar-refractivity contribution >= 4 is 9.84 Å². The summed E-state index contributed by atoms with van der Waals surface area (Å²) in [6, 6.07) is 7.30. The Morgan fingerprint density at radius 3 is 2.05 bits per heavy atom. The quantitative estimate of drug-likeness (QED) is 0.859. The number of likely N-dealkylation sites (tertiary alicyclic amines) is 1. The number of sulfone groups is 1. The minimum Gasteiger partial charge on any atom is -0.299 e. The average molecular weight is 309 g/mol. The summed E-state index contributed by atoms with van der Waals surface area (Å²) in [7, 11) is -3.09. The number of piperidine rings is 1. The van der Waals surface area contributed by atoms with E-state index in [1.165, 1.54) is 24.7 Å². The van der Waals surface area contributed by atoms with Gasteiger partial charge in [0.2, 0.25) is 0 Å². The van der Waals surface area contributed by atoms with Crippen LogP contribution >= 0.6 is 0 Å². The zero-order valence-corrected chi connectivity index (χ0v) is 14.4. The Morgan fingerprint density at radius 1 is 1.10 bits per heavy atom. The van der Waals surface area contributed by atoms with Gasteiger partial charge in [0, 0.05) is 12.8 Å². The molecule has 0 amide bonds. The maximum atomic E-state index is 11.5. The summed E-state index contributed by atoms with van der Waals surface area (Å²) in [5, 5.41) is 0. The molecule has 118 valence electrons. The zero-order valence-electron chi connectivity index (χ0n) is 13.6. The fourth-order valence-electron chi connectivity index (χ4n) is 3.06. The lowest BCUT2D eigenvalue weighted by Crippen LogP contribution is -2.37. The Balaban J connectivity index is 1.92. The van der Waals surface area contributed by atoms with E-state index in [0.29, 0.717) is 10.3 Å². The highest BCUT2D eigenvalue weighted by Gasteiger charge is 2.28. The maximum Gasteiger partial charge on any atom is 0.175 e. The van der Waals surface area contributed by atoms with Crippen LogP contribution in [0.25, 0.3) is 0 Å². The number of hydrogen-bond acceptors (Lipinski definition) is 3. The predicted molar refractivity (Wildman–Crippen MR) is 87.0 cm³/mol. The summed E-state index contributed by atoms with van der Waals surface area (Å²) >= 11 is 0. The molecule has 4 heteroatoms. The Hall–Kier alpha value is -0.870. The molecule has 0 atom stereocenters. The van der Waals surface area contributed by atoms with Crippen molar-refractivity contribution in [3.8, 4) is 0 Å². The van der Waals surface area contributed by atoms with Crippen LogP contribution in [0, 0.1) is 11.3 Å². The van der Waals surface area contributed by atoms with Gasteiger partial charge < -0.3 is 0 Å². The highest BCUT2D eigenvalue weighted by molar-refractivity contribution is 7.90. The standard InChI is InChI=1S/C17H27NO2S/c1-17(2,3)15-9-11-18(12-10-15)13-14-5-7-16(8-6-14)21(4,19)20/h5-8,15H,9-13H2,1-4H3. The van der Waals surface area contributed by atoms with Gasteiger partial charge in [-0.15, -0.1) is 0 Å². The van der Waals surface area contributed by atoms with Crippen molar-refractivity contribution in [3.05, 3.63) is 29.8 Å². The van der Waals surface area contributed by atoms with Crippen molar-refractivity contribution in [3.63, 3.8) is 0 Å². The summed E-state index contributed by atoms with van der Waals surface area (Å²) in [5.74, 6) is 0.807. The lowest BCUT2D eigenvalue weighted by Gasteiger charge is -2.38. The molecule has 0 unspecified atom stereocenters. The third-order valence-electron chi connectivity index (χ3n) is 4.57. The molecular weight excluding hydrogens is 282 g/mol. The minimum absolute atomic E-state index is 0.401. The molecule has 3 nitrogen and oxygen atoms in total. The molecule has 0 bridgehead atoms. The third kappa shape index (κ3) is 4.55. The summed E-state index contributed by atoms with van der Waals surface area (Å²) in [6.07, 6.45) is 3.76. The molecule has 1 saturated heterocycles. The average Bonchev–Trinajstić information content (AvgIpc) is 2.38. The molecular formula is C17H27NO2S. The van der Waals surface area contributed by atoms with Crippen LogP contribution < -0.4 is 0 Å². The first-order chi connectivity index (χ1) is 9.66. The van der Waals surface area contributed by atoms with Crippen LogP contribution in [0.4, 0.5) is 0 Å². The fraction of sp³-hybridized carbons (Fsp3) is 0.647. The maximum absolute atomic E-state index is 11.5. The Kier molecular flexibility index (Phi) is 4.79. The zero-order chi connectivity index (χ0) is 15.7. The second-order valence-corrected chi connectivity index (χ2v) is 9.35. The van der Waals surface area contributed by atoms with Gasteiger partial charge in [0.15, 0.2) is 9.84 Å². The smallest absolute Gasteiger partial charge is 0.175 e. The minimum atomic E-state index is -3.09. The largest absolute Gasteiger partial charge is 0.299 e. The van der Waals surface area contributed by atoms with E-state index in [1.54, 1.807) is 12.1 Å². The van der Waals surface area contributed by atoms with Crippen LogP contribution in [0.15, 0.2) is 29.2 Å². The first kappa shape index (κ1) is 16.5. The number of nitrogens with zero attached hydrogens (tertiary/aromatic N) is 1. The second kappa shape index (κ2) is 6.09. The van der Waals surface area contributed by atoms with E-state index in [0.717, 1.165) is 25.6 Å². The van der Waals surface area contributed by atoms with Gasteiger partial charge in [-0.25, -0.2) is 8.42 Å². The van der Waals surface area contributed by atoms with E-state index in [-0.39, 0.29) is 0 Å². The number of hydrogen-bond donors (Lipinski definition) is 0. The molecule has 1 heterocycles. The van der Waals surface area contributed by atoms with Crippen LogP contribution in [0.1, 0.15) is 39.2 Å². The van der Waals surface area contributed by atoms with Crippen molar-refractivity contribution in [2.45, 2.75) is 45.1 Å². The summed E-state index contributed by atoms with van der Waals surface area (Å²) < 4.78 is 22.9. The highest BCUT2D eigenvalue weighted by atomic mass is 32.2. The SMILES string of the molecule is CC(C)(C)C1CCN(Cc2ccc(S(C)(=O)=O)cc2)CC1. The fourth-order valence-corrected chi connectivity index (χ4v) is 3.69. The molecule has 0 radical (unpaired) electrons. The van der Waals surface area contributed by atoms with Gasteiger partial charge in [-0.05, 0) is 55.0 Å². The molecule has 0 aromatic heterocycles. The Labute approximate surface area is 129 Å². The third-order valence-corrected chi connectivity index (χ3v) is 5.70. The van der Waals surface area contributed by atoms with Crippen LogP contribution in [-0.4, -0.2) is 32.7 Å². The molecule has 1 aromatic rings. The van der Waals surface area contributed by atoms with Crippen molar-refractivity contribution in [2.24, 2.45) is 11.3 Å². The molecule has 1 fully saturated rings. The van der Waals surface area contributed by atoms with Crippen LogP contribution in [-0.2, 0) is 16.4 Å². The highest BCUT2D eigenvalue weighted by Crippen LogP contribution is 2.34. The molecule has 1 aromatic carbocycles. The molecule has 21 heavy (non-hydrogen) atoms. The van der Waals surface area contributed by atoms with E-state index in [1.807, 2.05) is 12.1 Å². The van der Waals surface area contributed by atoms with Gasteiger partial charge in [0.25, 0.3) is 0 Å². The number of benzene rings is 1. The normalized spacial score (nSPS) is 18.9. The van der Waals surface area contributed by atoms with Crippen LogP contribution in [0.3, 0.4) is 0 Å². The van der Waals surface area contributed by atoms with E-state index in [4.69, 9.17) is 0 Å². The first-order valence-electron chi connectivity index (χ1n) is 7.67. The van der Waals surface area contributed by atoms with E-state index in [9.17, 15) is 8.42 Å². The molecule has 1 aliphatic rings. The van der Waals surface area contributed by atoms with Gasteiger partial charge in [0.1, 0.15) is 0 Å². The van der Waals surface area contributed by atoms with Gasteiger partial charge in [-0.2, -0.15) is 0 Å². The van der Waals surface area contributed by atoms with E-state index < -0.39 is 9.84 Å². The lowest BCUT2D eigenvalue weighted by molar-refractivity contribution is 0.108. The summed E-state index contributed by atoms with van der Waals surface area (Å²) in [4.78, 5) is 2.87. The topological polar surface area (TPSA) is 37.4 Å². The van der Waals surface area contributed by atoms with Gasteiger partial charge in [-0.3, -0.25) is 4.90 Å². The molecule has 0 spiro atoms. The van der Waals surface area contributed by atoms with E-state index >= 15 is 0 Å². The Bertz CT molecular complexity index is 562. The summed E-state index contributed by atoms with van der Waals surface area (Å²) in [5.41, 5.74) is 1.60. The number of rotatable bonds is 3. The van der Waals surface area contributed by atoms with Gasteiger partial charge in [0.05, 0.1) is 4.90 Å². The second-order valence-electron chi connectivity index (χ2n) is 7.33. The first-order valence-corrected chi connectivity index (χ1v) is 9.57. The van der Waals surface area contributed by atoms with Gasteiger partial charge >= 0.3 is 0 Å². The van der Waals surface area contributed by atoms with Crippen molar-refractivity contribution in [2.75, 3.05) is 19.3 Å². The lowest BCUT2D eigenvalue weighted by atomic mass is 9.75. The van der Waals surface area contributed by atoms with Crippen LogP contribution in [0.5, 0.6) is 0 Å². The van der Waals surface area contributed by atoms with Crippen molar-refractivity contribution in [1.82, 2.24) is 4.90 Å².